The molecule has 0 aliphatic rings. The molecule has 1 aromatic heterocycles. The Bertz CT molecular complexity index is 742. The van der Waals surface area contributed by atoms with Crippen LogP contribution in [-0.4, -0.2) is 4.98 Å². The first-order valence-corrected chi connectivity index (χ1v) is 6.08. The molecule has 20 heavy (non-hydrogen) atoms. The van der Waals surface area contributed by atoms with Crippen LogP contribution in [0.25, 0.3) is 10.9 Å². The quantitative estimate of drug-likeness (QED) is 0.737. The Morgan fingerprint density at radius 2 is 1.75 bits per heavy atom. The number of halogens is 3. The van der Waals surface area contributed by atoms with Crippen LogP contribution < -0.4 is 5.32 Å². The summed E-state index contributed by atoms with van der Waals surface area (Å²) < 4.78 is 39.9. The van der Waals surface area contributed by atoms with Crippen LogP contribution in [0.15, 0.2) is 42.6 Å². The topological polar surface area (TPSA) is 27.8 Å². The number of nitrogens with one attached hydrogen (secondary N) is 2. The molecule has 0 amide bonds. The van der Waals surface area contributed by atoms with Gasteiger partial charge in [0.05, 0.1) is 5.52 Å². The molecular weight excluding hydrogens is 265 g/mol. The lowest BCUT2D eigenvalue weighted by molar-refractivity contribution is 0.547. The first-order chi connectivity index (χ1) is 9.65. The molecule has 0 aliphatic carbocycles. The molecule has 0 radical (unpaired) electrons. The number of rotatable bonds is 3. The van der Waals surface area contributed by atoms with E-state index in [4.69, 9.17) is 0 Å². The SMILES string of the molecule is Fc1cc(F)c(NCc2cccc3cc[nH]c23)c(F)c1. The number of aromatic nitrogens is 1. The minimum Gasteiger partial charge on any atom is -0.376 e. The van der Waals surface area contributed by atoms with E-state index in [1.54, 1.807) is 6.20 Å². The van der Waals surface area contributed by atoms with E-state index >= 15 is 0 Å². The highest BCUT2D eigenvalue weighted by atomic mass is 19.1. The maximum absolute atomic E-state index is 13.5. The third-order valence-electron chi connectivity index (χ3n) is 3.14. The zero-order chi connectivity index (χ0) is 14.1. The van der Waals surface area contributed by atoms with E-state index in [1.165, 1.54) is 0 Å². The summed E-state index contributed by atoms with van der Waals surface area (Å²) in [4.78, 5) is 3.08. The van der Waals surface area contributed by atoms with Crippen LogP contribution >= 0.6 is 0 Å². The molecule has 0 bridgehead atoms. The second kappa shape index (κ2) is 4.92. The number of anilines is 1. The van der Waals surface area contributed by atoms with E-state index in [2.05, 4.69) is 10.3 Å². The van der Waals surface area contributed by atoms with Crippen molar-refractivity contribution in [1.82, 2.24) is 4.98 Å². The van der Waals surface area contributed by atoms with Gasteiger partial charge in [0.1, 0.15) is 11.5 Å². The van der Waals surface area contributed by atoms with Crippen molar-refractivity contribution in [3.8, 4) is 0 Å². The molecule has 0 fully saturated rings. The van der Waals surface area contributed by atoms with E-state index in [9.17, 15) is 13.2 Å². The summed E-state index contributed by atoms with van der Waals surface area (Å²) in [6.45, 7) is 0.233. The number of para-hydroxylation sites is 1. The molecule has 0 saturated carbocycles. The highest BCUT2D eigenvalue weighted by Gasteiger charge is 2.11. The molecule has 102 valence electrons. The lowest BCUT2D eigenvalue weighted by Crippen LogP contribution is -2.05. The van der Waals surface area contributed by atoms with Gasteiger partial charge in [0.2, 0.25) is 0 Å². The predicted octanol–water partition coefficient (Wildman–Crippen LogP) is 4.20. The molecule has 0 spiro atoms. The minimum absolute atomic E-state index is 0.233. The first kappa shape index (κ1) is 12.6. The van der Waals surface area contributed by atoms with Crippen molar-refractivity contribution < 1.29 is 13.2 Å². The number of fused-ring (bicyclic) bond motifs is 1. The second-order valence-electron chi connectivity index (χ2n) is 4.46. The fourth-order valence-corrected chi connectivity index (χ4v) is 2.19. The summed E-state index contributed by atoms with van der Waals surface area (Å²) in [7, 11) is 0. The Balaban J connectivity index is 1.89. The molecule has 0 saturated heterocycles. The molecule has 0 aliphatic heterocycles. The maximum Gasteiger partial charge on any atom is 0.152 e. The largest absolute Gasteiger partial charge is 0.376 e. The molecule has 1 heterocycles. The third kappa shape index (κ3) is 2.22. The van der Waals surface area contributed by atoms with Crippen LogP contribution in [0.1, 0.15) is 5.56 Å². The zero-order valence-corrected chi connectivity index (χ0v) is 10.4. The van der Waals surface area contributed by atoms with Gasteiger partial charge in [0.25, 0.3) is 0 Å². The maximum atomic E-state index is 13.5. The molecular formula is C15H11F3N2. The van der Waals surface area contributed by atoms with Crippen molar-refractivity contribution in [3.63, 3.8) is 0 Å². The number of benzene rings is 2. The molecule has 0 unspecified atom stereocenters. The summed E-state index contributed by atoms with van der Waals surface area (Å²) in [5.74, 6) is -2.82. The Hall–Kier alpha value is -2.43. The Morgan fingerprint density at radius 1 is 1.00 bits per heavy atom. The molecule has 2 nitrogen and oxygen atoms in total. The standard InChI is InChI=1S/C15H11F3N2/c16-11-6-12(17)15(13(18)7-11)20-8-10-3-1-2-9-4-5-19-14(9)10/h1-7,19-20H,8H2. The molecule has 3 rings (SSSR count). The average molecular weight is 276 g/mol. The monoisotopic (exact) mass is 276 g/mol. The minimum atomic E-state index is -0.943. The van der Waals surface area contributed by atoms with Gasteiger partial charge in [-0.1, -0.05) is 18.2 Å². The van der Waals surface area contributed by atoms with Crippen LogP contribution in [0.3, 0.4) is 0 Å². The summed E-state index contributed by atoms with van der Waals surface area (Å²) in [6, 6.07) is 8.88. The van der Waals surface area contributed by atoms with E-state index in [-0.39, 0.29) is 12.2 Å². The van der Waals surface area contributed by atoms with Gasteiger partial charge in [0, 0.05) is 24.9 Å². The first-order valence-electron chi connectivity index (χ1n) is 6.08. The van der Waals surface area contributed by atoms with Crippen LogP contribution in [-0.2, 0) is 6.54 Å². The summed E-state index contributed by atoms with van der Waals surface area (Å²) in [5.41, 5.74) is 1.45. The van der Waals surface area contributed by atoms with Gasteiger partial charge in [-0.2, -0.15) is 0 Å². The van der Waals surface area contributed by atoms with Gasteiger partial charge in [-0.3, -0.25) is 0 Å². The van der Waals surface area contributed by atoms with Crippen molar-refractivity contribution in [2.75, 3.05) is 5.32 Å². The van der Waals surface area contributed by atoms with Crippen LogP contribution in [0.2, 0.25) is 0 Å². The normalized spacial score (nSPS) is 10.9. The summed E-state index contributed by atoms with van der Waals surface area (Å²) in [6.07, 6.45) is 1.80. The van der Waals surface area contributed by atoms with Crippen LogP contribution in [0, 0.1) is 17.5 Å². The van der Waals surface area contributed by atoms with Gasteiger partial charge >= 0.3 is 0 Å². The lowest BCUT2D eigenvalue weighted by Gasteiger charge is -2.10. The molecule has 5 heteroatoms. The van der Waals surface area contributed by atoms with E-state index in [0.717, 1.165) is 16.5 Å². The molecule has 2 aromatic carbocycles. The second-order valence-corrected chi connectivity index (χ2v) is 4.46. The Labute approximate surface area is 113 Å². The van der Waals surface area contributed by atoms with Crippen LogP contribution in [0.5, 0.6) is 0 Å². The van der Waals surface area contributed by atoms with Gasteiger partial charge < -0.3 is 10.3 Å². The molecule has 2 N–H and O–H groups in total. The lowest BCUT2D eigenvalue weighted by atomic mass is 10.1. The van der Waals surface area contributed by atoms with E-state index < -0.39 is 17.5 Å². The van der Waals surface area contributed by atoms with Crippen molar-refractivity contribution in [1.29, 1.82) is 0 Å². The van der Waals surface area contributed by atoms with E-state index in [0.29, 0.717) is 12.1 Å². The smallest absolute Gasteiger partial charge is 0.152 e. The van der Waals surface area contributed by atoms with Crippen LogP contribution in [0.4, 0.5) is 18.9 Å². The highest BCUT2D eigenvalue weighted by molar-refractivity contribution is 5.82. The number of aromatic amines is 1. The Kier molecular flexibility index (Phi) is 3.10. The summed E-state index contributed by atoms with van der Waals surface area (Å²) in [5, 5.41) is 3.69. The summed E-state index contributed by atoms with van der Waals surface area (Å²) >= 11 is 0. The highest BCUT2D eigenvalue weighted by Crippen LogP contribution is 2.23. The fraction of sp³-hybridized carbons (Fsp3) is 0.0667. The van der Waals surface area contributed by atoms with Crippen molar-refractivity contribution in [2.45, 2.75) is 6.54 Å². The van der Waals surface area contributed by atoms with Gasteiger partial charge in [-0.15, -0.1) is 0 Å². The Morgan fingerprint density at radius 3 is 2.50 bits per heavy atom. The molecule has 3 aromatic rings. The van der Waals surface area contributed by atoms with Crippen molar-refractivity contribution in [3.05, 3.63) is 65.6 Å². The van der Waals surface area contributed by atoms with E-state index in [1.807, 2.05) is 24.3 Å². The number of hydrogen-bond donors (Lipinski definition) is 2. The average Bonchev–Trinajstić information content (AvgIpc) is 2.86. The van der Waals surface area contributed by atoms with Gasteiger partial charge in [-0.05, 0) is 17.0 Å². The molecule has 0 atom stereocenters. The number of H-pyrrole nitrogens is 1. The third-order valence-corrected chi connectivity index (χ3v) is 3.14. The fourth-order valence-electron chi connectivity index (χ4n) is 2.19. The van der Waals surface area contributed by atoms with Crippen molar-refractivity contribution >= 4 is 16.6 Å². The predicted molar refractivity (Wildman–Crippen MR) is 71.9 cm³/mol. The van der Waals surface area contributed by atoms with Gasteiger partial charge in [0.15, 0.2) is 11.6 Å². The zero-order valence-electron chi connectivity index (χ0n) is 10.4. The van der Waals surface area contributed by atoms with Crippen molar-refractivity contribution in [2.24, 2.45) is 0 Å². The number of hydrogen-bond acceptors (Lipinski definition) is 1. The van der Waals surface area contributed by atoms with Gasteiger partial charge in [-0.25, -0.2) is 13.2 Å².